The van der Waals surface area contributed by atoms with Crippen LogP contribution in [0.5, 0.6) is 0 Å². The Labute approximate surface area is 68.2 Å². The fourth-order valence-electron chi connectivity index (χ4n) is 2.65. The van der Waals surface area contributed by atoms with Crippen LogP contribution in [-0.4, -0.2) is 29.8 Å². The molecule has 3 atom stereocenters. The number of nitrogens with one attached hydrogen (secondary N) is 1. The van der Waals surface area contributed by atoms with Gasteiger partial charge in [0.1, 0.15) is 11.6 Å². The smallest absolute Gasteiger partial charge is 0.127 e. The molecule has 1 spiro atoms. The van der Waals surface area contributed by atoms with Crippen molar-refractivity contribution in [1.29, 1.82) is 0 Å². The zero-order valence-corrected chi connectivity index (χ0v) is 7.27. The Kier molecular flexibility index (Phi) is 1.69. The van der Waals surface area contributed by atoms with Crippen molar-refractivity contribution in [3.63, 3.8) is 0 Å². The minimum absolute atomic E-state index is 0.0338. The molecule has 11 heavy (non-hydrogen) atoms. The molecule has 0 amide bonds. The van der Waals surface area contributed by atoms with E-state index in [9.17, 15) is 5.11 Å². The maximum Gasteiger partial charge on any atom is 0.127 e. The average molecular weight is 156 g/mol. The Morgan fingerprint density at radius 1 is 1.64 bits per heavy atom. The van der Waals surface area contributed by atoms with Crippen molar-refractivity contribution >= 4 is 0 Å². The molecule has 2 aliphatic rings. The van der Waals surface area contributed by atoms with Crippen LogP contribution in [0.1, 0.15) is 32.6 Å². The van der Waals surface area contributed by atoms with Gasteiger partial charge in [-0.1, -0.05) is 6.92 Å². The van der Waals surface area contributed by atoms with E-state index >= 15 is 0 Å². The first-order valence-corrected chi connectivity index (χ1v) is 4.83. The number of rotatable bonds is 2. The molecule has 0 aromatic rings. The zero-order chi connectivity index (χ0) is 7.90. The van der Waals surface area contributed by atoms with E-state index in [1.807, 2.05) is 0 Å². The summed E-state index contributed by atoms with van der Waals surface area (Å²) in [4.78, 5) is 1.67. The second-order valence-corrected chi connectivity index (χ2v) is 4.08. The second-order valence-electron chi connectivity index (χ2n) is 4.08. The number of likely N-dealkylation sites (tertiary alicyclic amines) is 1. The molecule has 2 fully saturated rings. The van der Waals surface area contributed by atoms with Crippen molar-refractivity contribution in [3.05, 3.63) is 0 Å². The SMILES string of the molecule is CCC[NH+]1CCCC12CC2O. The summed E-state index contributed by atoms with van der Waals surface area (Å²) in [6.45, 7) is 4.79. The van der Waals surface area contributed by atoms with Crippen LogP contribution in [0.3, 0.4) is 0 Å². The molecule has 1 aliphatic heterocycles. The van der Waals surface area contributed by atoms with Crippen molar-refractivity contribution in [2.24, 2.45) is 0 Å². The molecule has 2 rings (SSSR count). The van der Waals surface area contributed by atoms with Crippen molar-refractivity contribution in [2.45, 2.75) is 44.2 Å². The van der Waals surface area contributed by atoms with Crippen LogP contribution < -0.4 is 4.90 Å². The highest BCUT2D eigenvalue weighted by Crippen LogP contribution is 2.39. The third-order valence-corrected chi connectivity index (χ3v) is 3.39. The van der Waals surface area contributed by atoms with Crippen LogP contribution in [-0.2, 0) is 0 Å². The van der Waals surface area contributed by atoms with E-state index in [0.717, 1.165) is 6.42 Å². The molecule has 0 bridgehead atoms. The predicted molar refractivity (Wildman–Crippen MR) is 43.6 cm³/mol. The van der Waals surface area contributed by atoms with Crippen LogP contribution >= 0.6 is 0 Å². The molecule has 0 aromatic carbocycles. The Morgan fingerprint density at radius 3 is 2.91 bits per heavy atom. The second kappa shape index (κ2) is 2.46. The van der Waals surface area contributed by atoms with Gasteiger partial charge < -0.3 is 10.0 Å². The topological polar surface area (TPSA) is 24.7 Å². The first kappa shape index (κ1) is 7.56. The number of quaternary nitrogens is 1. The van der Waals surface area contributed by atoms with Gasteiger partial charge in [0.25, 0.3) is 0 Å². The molecule has 2 nitrogen and oxygen atoms in total. The van der Waals surface area contributed by atoms with Gasteiger partial charge >= 0.3 is 0 Å². The highest BCUT2D eigenvalue weighted by molar-refractivity contribution is 5.06. The lowest BCUT2D eigenvalue weighted by atomic mass is 10.2. The number of aliphatic hydroxyl groups is 1. The Morgan fingerprint density at radius 2 is 2.36 bits per heavy atom. The minimum atomic E-state index is 0.0338. The monoisotopic (exact) mass is 156 g/mol. The van der Waals surface area contributed by atoms with Crippen molar-refractivity contribution in [2.75, 3.05) is 13.1 Å². The maximum atomic E-state index is 9.49. The normalized spacial score (nSPS) is 48.5. The number of hydrogen-bond donors (Lipinski definition) is 2. The standard InChI is InChI=1S/C9H17NO/c1-2-5-10-6-3-4-9(10)7-8(9)11/h8,11H,2-7H2,1H3/p+1. The van der Waals surface area contributed by atoms with Gasteiger partial charge in [0, 0.05) is 19.3 Å². The lowest BCUT2D eigenvalue weighted by molar-refractivity contribution is -0.925. The first-order chi connectivity index (χ1) is 5.29. The molecule has 0 radical (unpaired) electrons. The molecular weight excluding hydrogens is 138 g/mol. The quantitative estimate of drug-likeness (QED) is 0.557. The molecular formula is C9H18NO+. The van der Waals surface area contributed by atoms with Gasteiger partial charge in [-0.2, -0.15) is 0 Å². The van der Waals surface area contributed by atoms with Crippen LogP contribution in [0.4, 0.5) is 0 Å². The van der Waals surface area contributed by atoms with Crippen molar-refractivity contribution in [3.8, 4) is 0 Å². The molecule has 1 aliphatic carbocycles. The van der Waals surface area contributed by atoms with Gasteiger partial charge in [-0.05, 0) is 6.42 Å². The third kappa shape index (κ3) is 1.00. The van der Waals surface area contributed by atoms with Gasteiger partial charge in [0.05, 0.1) is 13.1 Å². The molecule has 1 saturated carbocycles. The predicted octanol–water partition coefficient (Wildman–Crippen LogP) is -0.421. The number of hydrogen-bond acceptors (Lipinski definition) is 1. The van der Waals surface area contributed by atoms with Crippen molar-refractivity contribution in [1.82, 2.24) is 0 Å². The Bertz CT molecular complexity index is 160. The van der Waals surface area contributed by atoms with Crippen molar-refractivity contribution < 1.29 is 10.0 Å². The summed E-state index contributed by atoms with van der Waals surface area (Å²) in [6, 6.07) is 0. The van der Waals surface area contributed by atoms with Crippen LogP contribution in [0.15, 0.2) is 0 Å². The summed E-state index contributed by atoms with van der Waals surface area (Å²) in [7, 11) is 0. The number of aliphatic hydroxyl groups excluding tert-OH is 1. The highest BCUT2D eigenvalue weighted by Gasteiger charge is 2.63. The van der Waals surface area contributed by atoms with E-state index in [0.29, 0.717) is 5.54 Å². The van der Waals surface area contributed by atoms with Crippen LogP contribution in [0, 0.1) is 0 Å². The molecule has 3 unspecified atom stereocenters. The van der Waals surface area contributed by atoms with Gasteiger partial charge in [0.15, 0.2) is 0 Å². The lowest BCUT2D eigenvalue weighted by Gasteiger charge is -2.20. The summed E-state index contributed by atoms with van der Waals surface area (Å²) < 4.78 is 0. The fourth-order valence-corrected chi connectivity index (χ4v) is 2.65. The molecule has 0 aromatic heterocycles. The van der Waals surface area contributed by atoms with E-state index in [-0.39, 0.29) is 6.10 Å². The summed E-state index contributed by atoms with van der Waals surface area (Å²) in [5.41, 5.74) is 0.343. The van der Waals surface area contributed by atoms with E-state index in [1.165, 1.54) is 32.4 Å². The van der Waals surface area contributed by atoms with Gasteiger partial charge in [0.2, 0.25) is 0 Å². The summed E-state index contributed by atoms with van der Waals surface area (Å²) in [5.74, 6) is 0. The summed E-state index contributed by atoms with van der Waals surface area (Å²) >= 11 is 0. The van der Waals surface area contributed by atoms with E-state index < -0.39 is 0 Å². The summed E-state index contributed by atoms with van der Waals surface area (Å²) in [6.07, 6.45) is 4.95. The molecule has 2 N–H and O–H groups in total. The fraction of sp³-hybridized carbons (Fsp3) is 1.00. The lowest BCUT2D eigenvalue weighted by Crippen LogP contribution is -3.15. The summed E-state index contributed by atoms with van der Waals surface area (Å²) in [5, 5.41) is 9.49. The molecule has 64 valence electrons. The molecule has 1 saturated heterocycles. The van der Waals surface area contributed by atoms with Gasteiger partial charge in [-0.3, -0.25) is 0 Å². The molecule has 1 heterocycles. The average Bonchev–Trinajstić information content (AvgIpc) is 2.40. The zero-order valence-electron chi connectivity index (χ0n) is 7.27. The third-order valence-electron chi connectivity index (χ3n) is 3.39. The van der Waals surface area contributed by atoms with Crippen LogP contribution in [0.2, 0.25) is 0 Å². The minimum Gasteiger partial charge on any atom is -0.386 e. The van der Waals surface area contributed by atoms with E-state index in [4.69, 9.17) is 0 Å². The van der Waals surface area contributed by atoms with E-state index in [1.54, 1.807) is 4.90 Å². The largest absolute Gasteiger partial charge is 0.386 e. The first-order valence-electron chi connectivity index (χ1n) is 4.83. The molecule has 2 heteroatoms. The van der Waals surface area contributed by atoms with Gasteiger partial charge in [-0.25, -0.2) is 0 Å². The maximum absolute atomic E-state index is 9.49. The highest BCUT2D eigenvalue weighted by atomic mass is 16.3. The van der Waals surface area contributed by atoms with Crippen LogP contribution in [0.25, 0.3) is 0 Å². The van der Waals surface area contributed by atoms with E-state index in [2.05, 4.69) is 6.92 Å². The Hall–Kier alpha value is -0.0800. The van der Waals surface area contributed by atoms with Gasteiger partial charge in [-0.15, -0.1) is 0 Å². The Balaban J connectivity index is 1.99.